The maximum absolute atomic E-state index is 12.1. The van der Waals surface area contributed by atoms with Crippen molar-refractivity contribution in [3.8, 4) is 5.95 Å². The Kier molecular flexibility index (Phi) is 8.16. The SMILES string of the molecule is CCOC(=O)c1cnn(-c2nc(N=CC(C=O)C(=O)OCC)c3ncn(C4O[C@H](CO)[C@@H](O)[C@H]4O)c3n2)c1. The molecule has 0 saturated carbocycles. The maximum atomic E-state index is 12.1. The number of hydrogen-bond acceptors (Lipinski definition) is 14. The molecular weight excluding hydrogens is 506 g/mol. The summed E-state index contributed by atoms with van der Waals surface area (Å²) in [6.07, 6.45) is 0.193. The molecule has 0 aromatic carbocycles. The van der Waals surface area contributed by atoms with Crippen LogP contribution in [0.1, 0.15) is 30.4 Å². The van der Waals surface area contributed by atoms with Gasteiger partial charge in [-0.15, -0.1) is 0 Å². The molecule has 3 aromatic rings. The average Bonchev–Trinajstić information content (AvgIpc) is 3.63. The second kappa shape index (κ2) is 11.5. The molecule has 3 N–H and O–H groups in total. The Bertz CT molecular complexity index is 1350. The van der Waals surface area contributed by atoms with Gasteiger partial charge in [-0.3, -0.25) is 9.36 Å². The molecule has 4 rings (SSSR count). The fraction of sp³-hybridized carbons (Fsp3) is 0.455. The largest absolute Gasteiger partial charge is 0.465 e. The molecule has 1 aliphatic rings. The van der Waals surface area contributed by atoms with Gasteiger partial charge in [0, 0.05) is 12.4 Å². The van der Waals surface area contributed by atoms with Crippen molar-refractivity contribution < 1.29 is 43.9 Å². The van der Waals surface area contributed by atoms with E-state index in [1.54, 1.807) is 13.8 Å². The van der Waals surface area contributed by atoms with Gasteiger partial charge in [0.1, 0.15) is 30.5 Å². The number of esters is 2. The second-order valence-electron chi connectivity index (χ2n) is 7.99. The molecule has 1 aliphatic heterocycles. The number of hydrogen-bond donors (Lipinski definition) is 3. The van der Waals surface area contributed by atoms with E-state index in [1.807, 2.05) is 0 Å². The first-order valence-electron chi connectivity index (χ1n) is 11.6. The van der Waals surface area contributed by atoms with Crippen molar-refractivity contribution in [2.45, 2.75) is 38.4 Å². The molecule has 0 radical (unpaired) electrons. The van der Waals surface area contributed by atoms with Crippen LogP contribution in [0.25, 0.3) is 17.1 Å². The van der Waals surface area contributed by atoms with Crippen LogP contribution >= 0.6 is 0 Å². The highest BCUT2D eigenvalue weighted by molar-refractivity contribution is 6.04. The summed E-state index contributed by atoms with van der Waals surface area (Å²) >= 11 is 0. The molecule has 0 aliphatic carbocycles. The lowest BCUT2D eigenvalue weighted by atomic mass is 10.1. The number of aliphatic imine (C=N–C) groups is 1. The summed E-state index contributed by atoms with van der Waals surface area (Å²) in [5.74, 6) is -2.91. The van der Waals surface area contributed by atoms with E-state index >= 15 is 0 Å². The zero-order valence-corrected chi connectivity index (χ0v) is 20.3. The molecule has 38 heavy (non-hydrogen) atoms. The van der Waals surface area contributed by atoms with Crippen molar-refractivity contribution in [1.82, 2.24) is 29.3 Å². The highest BCUT2D eigenvalue weighted by Crippen LogP contribution is 2.33. The number of fused-ring (bicyclic) bond motifs is 1. The fourth-order valence-electron chi connectivity index (χ4n) is 3.67. The number of rotatable bonds is 10. The number of aldehydes is 1. The van der Waals surface area contributed by atoms with Crippen molar-refractivity contribution >= 4 is 41.4 Å². The van der Waals surface area contributed by atoms with E-state index in [0.717, 1.165) is 6.21 Å². The number of ether oxygens (including phenoxy) is 3. The molecule has 1 fully saturated rings. The second-order valence-corrected chi connectivity index (χ2v) is 7.99. The molecule has 16 heteroatoms. The number of nitrogens with zero attached hydrogens (tertiary/aromatic N) is 7. The van der Waals surface area contributed by atoms with Crippen LogP contribution in [0.15, 0.2) is 23.7 Å². The lowest BCUT2D eigenvalue weighted by Crippen LogP contribution is -2.33. The van der Waals surface area contributed by atoms with Crippen LogP contribution in [-0.2, 0) is 23.8 Å². The number of imidazole rings is 1. The standard InChI is InChI=1S/C22H25N7O9/c1-3-36-20(34)11-6-25-29(7-11)22-26-17(23-5-12(8-30)21(35)37-4-2)14-18(27-22)28(10-24-14)19-16(33)15(32)13(9-31)38-19/h5-8,10,12-13,15-16,19,31-33H,3-4,9H2,1-2H3/t12?,13-,15-,16-,19?/m1/s1. The molecule has 2 unspecified atom stereocenters. The van der Waals surface area contributed by atoms with Crippen LogP contribution in [-0.4, -0.2) is 107 Å². The van der Waals surface area contributed by atoms with E-state index in [0.29, 0.717) is 6.29 Å². The average molecular weight is 531 g/mol. The predicted molar refractivity (Wildman–Crippen MR) is 126 cm³/mol. The third-order valence-corrected chi connectivity index (χ3v) is 5.54. The molecule has 4 heterocycles. The highest BCUT2D eigenvalue weighted by atomic mass is 16.6. The maximum Gasteiger partial charge on any atom is 0.341 e. The smallest absolute Gasteiger partial charge is 0.341 e. The molecule has 0 amide bonds. The third kappa shape index (κ3) is 5.14. The van der Waals surface area contributed by atoms with E-state index in [1.165, 1.54) is 28.0 Å². The number of carbonyl (C=O) groups is 3. The third-order valence-electron chi connectivity index (χ3n) is 5.54. The van der Waals surface area contributed by atoms with Gasteiger partial charge in [-0.2, -0.15) is 15.1 Å². The minimum absolute atomic E-state index is 0.0653. The zero-order chi connectivity index (χ0) is 27.4. The van der Waals surface area contributed by atoms with Crippen molar-refractivity contribution in [3.63, 3.8) is 0 Å². The minimum Gasteiger partial charge on any atom is -0.465 e. The van der Waals surface area contributed by atoms with E-state index in [2.05, 4.69) is 25.0 Å². The summed E-state index contributed by atoms with van der Waals surface area (Å²) in [7, 11) is 0. The predicted octanol–water partition coefficient (Wildman–Crippen LogP) is -1.12. The van der Waals surface area contributed by atoms with Crippen LogP contribution in [0.3, 0.4) is 0 Å². The lowest BCUT2D eigenvalue weighted by molar-refractivity contribution is -0.146. The van der Waals surface area contributed by atoms with Crippen molar-refractivity contribution in [2.75, 3.05) is 19.8 Å². The first-order valence-corrected chi connectivity index (χ1v) is 11.6. The summed E-state index contributed by atoms with van der Waals surface area (Å²) in [4.78, 5) is 52.7. The van der Waals surface area contributed by atoms with Crippen molar-refractivity contribution in [1.29, 1.82) is 0 Å². The molecule has 16 nitrogen and oxygen atoms in total. The molecule has 1 saturated heterocycles. The van der Waals surface area contributed by atoms with Gasteiger partial charge in [0.15, 0.2) is 23.2 Å². The summed E-state index contributed by atoms with van der Waals surface area (Å²) in [5, 5.41) is 34.2. The summed E-state index contributed by atoms with van der Waals surface area (Å²) in [6, 6.07) is 0. The summed E-state index contributed by atoms with van der Waals surface area (Å²) in [5.41, 5.74) is 0.291. The minimum atomic E-state index is -1.43. The van der Waals surface area contributed by atoms with Gasteiger partial charge in [-0.05, 0) is 13.8 Å². The van der Waals surface area contributed by atoms with Crippen molar-refractivity contribution in [2.24, 2.45) is 10.9 Å². The quantitative estimate of drug-likeness (QED) is 0.122. The summed E-state index contributed by atoms with van der Waals surface area (Å²) in [6.45, 7) is 2.94. The van der Waals surface area contributed by atoms with E-state index in [4.69, 9.17) is 14.2 Å². The summed E-state index contributed by atoms with van der Waals surface area (Å²) < 4.78 is 17.9. The van der Waals surface area contributed by atoms with Gasteiger partial charge in [-0.1, -0.05) is 0 Å². The normalized spacial score (nSPS) is 22.1. The Morgan fingerprint density at radius 3 is 2.63 bits per heavy atom. The Balaban J connectivity index is 1.81. The molecule has 0 spiro atoms. The number of aliphatic hydroxyl groups is 3. The number of aromatic nitrogens is 6. The van der Waals surface area contributed by atoms with Gasteiger partial charge in [0.25, 0.3) is 5.95 Å². The van der Waals surface area contributed by atoms with E-state index < -0.39 is 49.0 Å². The molecule has 3 aromatic heterocycles. The van der Waals surface area contributed by atoms with Crippen molar-refractivity contribution in [3.05, 3.63) is 24.3 Å². The first kappa shape index (κ1) is 26.9. The molecular formula is C22H25N7O9. The molecule has 0 bridgehead atoms. The topological polar surface area (TPSA) is 213 Å². The van der Waals surface area contributed by atoms with Gasteiger partial charge in [-0.25, -0.2) is 19.5 Å². The van der Waals surface area contributed by atoms with Gasteiger partial charge in [0.05, 0.1) is 37.9 Å². The highest BCUT2D eigenvalue weighted by Gasteiger charge is 2.44. The van der Waals surface area contributed by atoms with Crippen LogP contribution < -0.4 is 0 Å². The molecule has 202 valence electrons. The Labute approximate surface area is 214 Å². The van der Waals surface area contributed by atoms with E-state index in [-0.39, 0.29) is 41.7 Å². The number of aliphatic hydroxyl groups excluding tert-OH is 3. The Morgan fingerprint density at radius 1 is 1.21 bits per heavy atom. The van der Waals surface area contributed by atoms with Gasteiger partial charge in [0.2, 0.25) is 0 Å². The number of carbonyl (C=O) groups excluding carboxylic acids is 3. The Morgan fingerprint density at radius 2 is 1.97 bits per heavy atom. The van der Waals surface area contributed by atoms with Crippen LogP contribution in [0.5, 0.6) is 0 Å². The zero-order valence-electron chi connectivity index (χ0n) is 20.3. The first-order chi connectivity index (χ1) is 18.3. The lowest BCUT2D eigenvalue weighted by Gasteiger charge is -2.16. The van der Waals surface area contributed by atoms with E-state index in [9.17, 15) is 29.7 Å². The van der Waals surface area contributed by atoms with Gasteiger partial charge < -0.3 is 34.3 Å². The van der Waals surface area contributed by atoms with Crippen LogP contribution in [0.2, 0.25) is 0 Å². The van der Waals surface area contributed by atoms with Crippen LogP contribution in [0, 0.1) is 5.92 Å². The van der Waals surface area contributed by atoms with Crippen LogP contribution in [0.4, 0.5) is 5.82 Å². The Hall–Kier alpha value is -4.12. The monoisotopic (exact) mass is 531 g/mol. The van der Waals surface area contributed by atoms with Gasteiger partial charge >= 0.3 is 11.9 Å². The fourth-order valence-corrected chi connectivity index (χ4v) is 3.67. The molecule has 5 atom stereocenters.